The average molecular weight is 428 g/mol. The van der Waals surface area contributed by atoms with Gasteiger partial charge in [-0.3, -0.25) is 19.1 Å². The highest BCUT2D eigenvalue weighted by atomic mass is 16.2. The third-order valence-corrected chi connectivity index (χ3v) is 5.47. The Labute approximate surface area is 185 Å². The summed E-state index contributed by atoms with van der Waals surface area (Å²) in [5.41, 5.74) is 1.45. The smallest absolute Gasteiger partial charge is 0.329 e. The van der Waals surface area contributed by atoms with Crippen LogP contribution in [0.4, 0.5) is 0 Å². The molecule has 0 aliphatic carbocycles. The number of benzene rings is 2. The molecule has 0 fully saturated rings. The van der Waals surface area contributed by atoms with Gasteiger partial charge in [-0.25, -0.2) is 9.78 Å². The number of hydrogen-bond acceptors (Lipinski definition) is 4. The molecule has 162 valence electrons. The molecule has 0 radical (unpaired) electrons. The minimum Gasteiger partial charge on any atom is -0.331 e. The lowest BCUT2D eigenvalue weighted by molar-refractivity contribution is 0.0755. The fourth-order valence-corrected chi connectivity index (χ4v) is 3.95. The number of carbonyl (C=O) groups excluding carboxylic acids is 1. The second-order valence-corrected chi connectivity index (χ2v) is 7.65. The normalized spacial score (nSPS) is 11.1. The van der Waals surface area contributed by atoms with Crippen molar-refractivity contribution in [3.05, 3.63) is 110 Å². The third-order valence-electron chi connectivity index (χ3n) is 5.47. The van der Waals surface area contributed by atoms with Crippen LogP contribution < -0.4 is 11.2 Å². The molecule has 4 aromatic rings. The van der Waals surface area contributed by atoms with Gasteiger partial charge in [0.1, 0.15) is 5.65 Å². The molecule has 0 atom stereocenters. The van der Waals surface area contributed by atoms with Gasteiger partial charge in [-0.2, -0.15) is 0 Å². The SMILES string of the molecule is CCCn1c(=O)[nH]c(=O)c2cc(C(=O)N(C)C(c3ccccc3)c3ccccc3)cnc21. The second-order valence-electron chi connectivity index (χ2n) is 7.65. The summed E-state index contributed by atoms with van der Waals surface area (Å²) in [7, 11) is 1.74. The third kappa shape index (κ3) is 3.97. The van der Waals surface area contributed by atoms with Gasteiger partial charge in [-0.05, 0) is 23.6 Å². The number of nitrogens with zero attached hydrogens (tertiary/aromatic N) is 3. The van der Waals surface area contributed by atoms with E-state index >= 15 is 0 Å². The Morgan fingerprint density at radius 3 is 2.19 bits per heavy atom. The summed E-state index contributed by atoms with van der Waals surface area (Å²) in [5.74, 6) is -0.273. The second kappa shape index (κ2) is 9.01. The summed E-state index contributed by atoms with van der Waals surface area (Å²) < 4.78 is 1.42. The Morgan fingerprint density at radius 2 is 1.62 bits per heavy atom. The first-order valence-electron chi connectivity index (χ1n) is 10.5. The van der Waals surface area contributed by atoms with Crippen molar-refractivity contribution in [2.45, 2.75) is 25.9 Å². The topological polar surface area (TPSA) is 88.1 Å². The molecule has 0 aliphatic rings. The van der Waals surface area contributed by atoms with E-state index in [1.165, 1.54) is 16.8 Å². The molecule has 2 aromatic heterocycles. The molecule has 1 N–H and O–H groups in total. The number of rotatable bonds is 6. The first-order chi connectivity index (χ1) is 15.5. The lowest BCUT2D eigenvalue weighted by atomic mass is 9.97. The maximum absolute atomic E-state index is 13.5. The monoisotopic (exact) mass is 428 g/mol. The number of amides is 1. The van der Waals surface area contributed by atoms with Gasteiger partial charge in [0.05, 0.1) is 17.0 Å². The summed E-state index contributed by atoms with van der Waals surface area (Å²) in [6.45, 7) is 2.36. The molecule has 2 aromatic carbocycles. The summed E-state index contributed by atoms with van der Waals surface area (Å²) >= 11 is 0. The van der Waals surface area contributed by atoms with Crippen molar-refractivity contribution in [1.29, 1.82) is 0 Å². The summed E-state index contributed by atoms with van der Waals surface area (Å²) in [6, 6.07) is 20.7. The molecular weight excluding hydrogens is 404 g/mol. The molecule has 0 unspecified atom stereocenters. The highest BCUT2D eigenvalue weighted by Gasteiger charge is 2.25. The first-order valence-corrected chi connectivity index (χ1v) is 10.5. The summed E-state index contributed by atoms with van der Waals surface area (Å²) in [4.78, 5) is 46.4. The fourth-order valence-electron chi connectivity index (χ4n) is 3.95. The number of pyridine rings is 1. The molecule has 0 spiro atoms. The molecule has 2 heterocycles. The minimum absolute atomic E-state index is 0.216. The highest BCUT2D eigenvalue weighted by molar-refractivity contribution is 5.97. The quantitative estimate of drug-likeness (QED) is 0.510. The Bertz CT molecular complexity index is 1320. The number of aryl methyl sites for hydroxylation is 1. The summed E-state index contributed by atoms with van der Waals surface area (Å²) in [5, 5.41) is 0.216. The average Bonchev–Trinajstić information content (AvgIpc) is 2.82. The van der Waals surface area contributed by atoms with E-state index in [4.69, 9.17) is 0 Å². The Hall–Kier alpha value is -4.00. The van der Waals surface area contributed by atoms with Crippen LogP contribution in [0.1, 0.15) is 40.9 Å². The largest absolute Gasteiger partial charge is 0.331 e. The lowest BCUT2D eigenvalue weighted by Crippen LogP contribution is -2.33. The summed E-state index contributed by atoms with van der Waals surface area (Å²) in [6.07, 6.45) is 2.14. The van der Waals surface area contributed by atoms with Gasteiger partial charge in [-0.15, -0.1) is 0 Å². The van der Waals surface area contributed by atoms with Crippen molar-refractivity contribution in [2.24, 2.45) is 0 Å². The van der Waals surface area contributed by atoms with Crippen LogP contribution in [0.3, 0.4) is 0 Å². The predicted molar refractivity (Wildman–Crippen MR) is 124 cm³/mol. The van der Waals surface area contributed by atoms with Crippen LogP contribution in [0.25, 0.3) is 11.0 Å². The molecule has 1 amide bonds. The fraction of sp³-hybridized carbons (Fsp3) is 0.200. The van der Waals surface area contributed by atoms with E-state index in [0.29, 0.717) is 13.0 Å². The number of hydrogen-bond donors (Lipinski definition) is 1. The Morgan fingerprint density at radius 1 is 1.03 bits per heavy atom. The number of aromatic nitrogens is 3. The number of H-pyrrole nitrogens is 1. The molecule has 0 bridgehead atoms. The lowest BCUT2D eigenvalue weighted by Gasteiger charge is -2.29. The zero-order valence-corrected chi connectivity index (χ0v) is 18.0. The van der Waals surface area contributed by atoms with Crippen molar-refractivity contribution < 1.29 is 4.79 Å². The molecule has 0 aliphatic heterocycles. The van der Waals surface area contributed by atoms with Gasteiger partial charge in [0.15, 0.2) is 0 Å². The number of carbonyl (C=O) groups is 1. The van der Waals surface area contributed by atoms with Crippen molar-refractivity contribution in [3.8, 4) is 0 Å². The van der Waals surface area contributed by atoms with Gasteiger partial charge >= 0.3 is 5.69 Å². The Balaban J connectivity index is 1.78. The van der Waals surface area contributed by atoms with Crippen molar-refractivity contribution >= 4 is 16.9 Å². The molecule has 32 heavy (non-hydrogen) atoms. The van der Waals surface area contributed by atoms with Crippen molar-refractivity contribution in [3.63, 3.8) is 0 Å². The van der Waals surface area contributed by atoms with Gasteiger partial charge in [0.2, 0.25) is 0 Å². The molecule has 7 nitrogen and oxygen atoms in total. The molecular formula is C25H24N4O3. The van der Waals surface area contributed by atoms with Crippen molar-refractivity contribution in [2.75, 3.05) is 7.05 Å². The van der Waals surface area contributed by atoms with Crippen LogP contribution in [-0.2, 0) is 6.54 Å². The van der Waals surface area contributed by atoms with Crippen LogP contribution >= 0.6 is 0 Å². The molecule has 0 saturated heterocycles. The van der Waals surface area contributed by atoms with E-state index in [9.17, 15) is 14.4 Å². The van der Waals surface area contributed by atoms with E-state index in [1.54, 1.807) is 11.9 Å². The molecule has 0 saturated carbocycles. The van der Waals surface area contributed by atoms with E-state index < -0.39 is 11.2 Å². The number of aromatic amines is 1. The van der Waals surface area contributed by atoms with Gasteiger partial charge in [0.25, 0.3) is 11.5 Å². The van der Waals surface area contributed by atoms with Gasteiger partial charge < -0.3 is 4.90 Å². The van der Waals surface area contributed by atoms with Crippen LogP contribution in [0.5, 0.6) is 0 Å². The predicted octanol–water partition coefficient (Wildman–Crippen LogP) is 3.36. The van der Waals surface area contributed by atoms with E-state index in [-0.39, 0.29) is 28.5 Å². The number of nitrogens with one attached hydrogen (secondary N) is 1. The maximum Gasteiger partial charge on any atom is 0.329 e. The zero-order chi connectivity index (χ0) is 22.7. The number of fused-ring (bicyclic) bond motifs is 1. The van der Waals surface area contributed by atoms with E-state index in [0.717, 1.165) is 11.1 Å². The minimum atomic E-state index is -0.551. The Kier molecular flexibility index (Phi) is 5.98. The van der Waals surface area contributed by atoms with Crippen LogP contribution in [-0.4, -0.2) is 32.4 Å². The van der Waals surface area contributed by atoms with E-state index in [1.807, 2.05) is 67.6 Å². The molecule has 4 rings (SSSR count). The maximum atomic E-state index is 13.5. The zero-order valence-electron chi connectivity index (χ0n) is 18.0. The first kappa shape index (κ1) is 21.2. The van der Waals surface area contributed by atoms with Gasteiger partial charge in [0, 0.05) is 19.8 Å². The molecule has 7 heteroatoms. The van der Waals surface area contributed by atoms with E-state index in [2.05, 4.69) is 9.97 Å². The highest BCUT2D eigenvalue weighted by Crippen LogP contribution is 2.28. The van der Waals surface area contributed by atoms with Crippen LogP contribution in [0, 0.1) is 0 Å². The standard InChI is InChI=1S/C25H24N4O3/c1-3-14-29-22-20(23(30)27-25(29)32)15-19(16-26-22)24(31)28(2)21(17-10-6-4-7-11-17)18-12-8-5-9-13-18/h4-13,15-16,21H,3,14H2,1-2H3,(H,27,30,32). The van der Waals surface area contributed by atoms with Crippen LogP contribution in [0.2, 0.25) is 0 Å². The van der Waals surface area contributed by atoms with Gasteiger partial charge in [-0.1, -0.05) is 67.6 Å². The van der Waals surface area contributed by atoms with Crippen molar-refractivity contribution in [1.82, 2.24) is 19.4 Å². The van der Waals surface area contributed by atoms with Crippen LogP contribution in [0.15, 0.2) is 82.5 Å².